The van der Waals surface area contributed by atoms with Crippen LogP contribution in [0.25, 0.3) is 22.1 Å². The van der Waals surface area contributed by atoms with E-state index in [0.29, 0.717) is 204 Å². The average Bonchev–Trinajstić information content (AvgIpc) is 1.57. The summed E-state index contributed by atoms with van der Waals surface area (Å²) >= 11 is 14.0. The highest BCUT2D eigenvalue weighted by atomic mass is 35.5. The highest BCUT2D eigenvalue weighted by Gasteiger charge is 2.40. The molecule has 0 bridgehead atoms. The number of imidazole rings is 1. The summed E-state index contributed by atoms with van der Waals surface area (Å²) in [6.07, 6.45) is 15.0. The maximum atomic E-state index is 14.9. The lowest BCUT2D eigenvalue weighted by Crippen LogP contribution is -2.48. The van der Waals surface area contributed by atoms with E-state index in [2.05, 4.69) is 91.3 Å². The van der Waals surface area contributed by atoms with Crippen LogP contribution in [-0.4, -0.2) is 243 Å². The minimum atomic E-state index is -0.534. The predicted octanol–water partition coefficient (Wildman–Crippen LogP) is 12.7. The van der Waals surface area contributed by atoms with Gasteiger partial charge in [0.25, 0.3) is 17.4 Å². The van der Waals surface area contributed by atoms with Gasteiger partial charge in [0.15, 0.2) is 11.2 Å². The van der Waals surface area contributed by atoms with E-state index in [0.717, 1.165) is 118 Å². The standard InChI is InChI=1S/C98H116Cl2N16O14/c1-9-10-37-114-92-93(108(6)98(122)115(96(92)121)64-89-103-68(4)75-19-11-12-20-80(75)105-89)106-97(114)109-36-15-18-72(63-109)104-90(117)33-44-123-46-48-125-50-52-127-54-55-128-53-51-126-49-47-124-45-42-107(5)91(118)30-24-70-56-67(3)87(57-66(70)2)129-85-31-34-101-61-76(85)95(120)113-41-39-111(74-27-28-74)84-58-69(23-29-83(84)113)65-116(7,8)43-16-17-71-59-79(100)88(60-78(71)99)130-86-32-35-102-62-77(86)94(119)112-40-38-110(73-25-26-73)81-21-13-14-22-82(81)112/h11-14,19-23,29,31-32,34-35,56-62,72-74H,15-18,24-28,30,33,36-55,63-65H2,1-8H3/p+1. The fourth-order valence-electron chi connectivity index (χ4n) is 17.3. The van der Waals surface area contributed by atoms with Crippen LogP contribution >= 0.6 is 23.2 Å². The number of hydrogen-bond acceptors (Lipinski definition) is 22. The molecule has 30 nitrogen and oxygen atoms in total. The summed E-state index contributed by atoms with van der Waals surface area (Å²) < 4.78 is 52.2. The van der Waals surface area contributed by atoms with E-state index in [-0.39, 0.29) is 67.0 Å². The number of fused-ring (bicyclic) bond motifs is 4. The molecule has 1 N–H and O–H groups in total. The minimum absolute atomic E-state index is 0.00607. The zero-order chi connectivity index (χ0) is 91.0. The number of halogens is 2. The normalized spacial score (nSPS) is 15.1. The van der Waals surface area contributed by atoms with Gasteiger partial charge in [-0.05, 0) is 156 Å². The van der Waals surface area contributed by atoms with Crippen LogP contribution in [-0.2, 0) is 77.5 Å². The minimum Gasteiger partial charge on any atom is -0.456 e. The molecule has 686 valence electrons. The van der Waals surface area contributed by atoms with Crippen molar-refractivity contribution in [1.82, 2.24) is 48.8 Å². The molecule has 5 aromatic heterocycles. The fourth-order valence-corrected chi connectivity index (χ4v) is 17.8. The summed E-state index contributed by atoms with van der Waals surface area (Å²) in [6.45, 7) is 17.7. The van der Waals surface area contributed by atoms with Crippen LogP contribution in [0.5, 0.6) is 23.0 Å². The van der Waals surface area contributed by atoms with Crippen LogP contribution in [0, 0.1) is 32.6 Å². The third-order valence-electron chi connectivity index (χ3n) is 24.5. The lowest BCUT2D eigenvalue weighted by Gasteiger charge is -2.39. The van der Waals surface area contributed by atoms with Crippen molar-refractivity contribution in [3.63, 3.8) is 0 Å². The van der Waals surface area contributed by atoms with Crippen LogP contribution in [0.4, 0.5) is 28.7 Å². The largest absolute Gasteiger partial charge is 0.456 e. The second-order valence-corrected chi connectivity index (χ2v) is 35.3. The number of likely N-dealkylation sites (N-methyl/N-ethyl adjacent to an activating group) is 1. The first-order valence-electron chi connectivity index (χ1n) is 45.2. The fraction of sp³-hybridized carbons (Fsp3) is 0.459. The number of carbonyl (C=O) groups excluding carboxylic acids is 4. The number of benzene rings is 5. The van der Waals surface area contributed by atoms with Gasteiger partial charge in [-0.3, -0.25) is 47.6 Å². The Bertz CT molecular complexity index is 5930. The van der Waals surface area contributed by atoms with Crippen molar-refractivity contribution in [1.29, 1.82) is 0 Å². The van der Waals surface area contributed by atoms with Crippen molar-refractivity contribution in [2.24, 2.45) is 7.05 Å². The summed E-state index contributed by atoms with van der Waals surface area (Å²) in [4.78, 5) is 119. The van der Waals surface area contributed by atoms with Crippen LogP contribution < -0.4 is 50.5 Å². The quantitative estimate of drug-likeness (QED) is 0.0211. The van der Waals surface area contributed by atoms with Crippen molar-refractivity contribution in [3.8, 4) is 34.8 Å². The van der Waals surface area contributed by atoms with Gasteiger partial charge in [-0.25, -0.2) is 14.8 Å². The number of anilines is 5. The number of pyridine rings is 2. The number of aromatic nitrogens is 8. The molecule has 3 aliphatic heterocycles. The summed E-state index contributed by atoms with van der Waals surface area (Å²) in [7, 11) is 7.85. The molecule has 1 saturated heterocycles. The Labute approximate surface area is 768 Å². The number of carbonyl (C=O) groups is 4. The van der Waals surface area contributed by atoms with Crippen molar-refractivity contribution >= 4 is 97.6 Å². The molecule has 1 atom stereocenters. The van der Waals surface area contributed by atoms with Gasteiger partial charge in [0.05, 0.1) is 146 Å². The Hall–Kier alpha value is -11.4. The third kappa shape index (κ3) is 23.1. The first kappa shape index (κ1) is 93.3. The SMILES string of the molecule is CC#CCn1c(N2CCCC(NC(=O)CCOCCOCCOCCOCCOCCOCCN(C)C(=O)CCc3cc(C)c(Oc4ccncc4C(=O)N4CCN(C5CC5)c5cc(C[N+](C)(C)CCCc6cc(Cl)c(Oc7ccncc7C(=O)N7CCN(C8CC8)c8ccccc87)cc6Cl)ccc54)cc3C)C2)nc2c1c(=O)n(Cc1nc(C)c3ccccc3n1)c(=O)n2C. The molecular weight excluding hydrogens is 1700 g/mol. The molecule has 8 heterocycles. The molecular formula is C98H117Cl2N16O14+. The van der Waals surface area contributed by atoms with Crippen LogP contribution in [0.3, 0.4) is 0 Å². The monoisotopic (exact) mass is 1810 g/mol. The van der Waals surface area contributed by atoms with Gasteiger partial charge in [-0.2, -0.15) is 4.98 Å². The van der Waals surface area contributed by atoms with Crippen LogP contribution in [0.1, 0.15) is 125 Å². The lowest BCUT2D eigenvalue weighted by molar-refractivity contribution is -0.903. The van der Waals surface area contributed by atoms with Gasteiger partial charge < -0.3 is 77.1 Å². The molecule has 15 rings (SSSR count). The lowest BCUT2D eigenvalue weighted by atomic mass is 10.00. The first-order valence-corrected chi connectivity index (χ1v) is 45.9. The van der Waals surface area contributed by atoms with E-state index < -0.39 is 11.2 Å². The van der Waals surface area contributed by atoms with E-state index in [4.69, 9.17) is 66.1 Å². The Balaban J connectivity index is 0.422. The van der Waals surface area contributed by atoms with Crippen molar-refractivity contribution < 1.29 is 61.6 Å². The Kier molecular flexibility index (Phi) is 31.3. The zero-order valence-corrected chi connectivity index (χ0v) is 77.1. The van der Waals surface area contributed by atoms with Crippen molar-refractivity contribution in [2.75, 3.05) is 177 Å². The van der Waals surface area contributed by atoms with E-state index in [9.17, 15) is 28.8 Å². The molecule has 1 unspecified atom stereocenters. The highest BCUT2D eigenvalue weighted by Crippen LogP contribution is 2.45. The Morgan fingerprint density at radius 3 is 1.85 bits per heavy atom. The number of amides is 4. The Morgan fingerprint density at radius 1 is 0.592 bits per heavy atom. The topological polar surface area (TPSA) is 287 Å². The second-order valence-electron chi connectivity index (χ2n) is 34.5. The van der Waals surface area contributed by atoms with E-state index in [1.165, 1.54) is 23.0 Å². The maximum absolute atomic E-state index is 14.9. The molecule has 5 aromatic carbocycles. The van der Waals surface area contributed by atoms with E-state index in [1.807, 2.05) is 90.1 Å². The van der Waals surface area contributed by atoms with Crippen molar-refractivity contribution in [3.05, 3.63) is 209 Å². The van der Waals surface area contributed by atoms with E-state index in [1.54, 1.807) is 73.5 Å². The molecule has 5 aliphatic rings. The van der Waals surface area contributed by atoms with Gasteiger partial charge in [0.1, 0.15) is 46.5 Å². The maximum Gasteiger partial charge on any atom is 0.332 e. The number of hydrogen-bond donors (Lipinski definition) is 1. The second kappa shape index (κ2) is 43.6. The summed E-state index contributed by atoms with van der Waals surface area (Å²) in [6, 6.07) is 34.0. The molecule has 4 amide bonds. The number of nitrogens with zero attached hydrogens (tertiary/aromatic N) is 15. The average molecular weight is 1810 g/mol. The Morgan fingerprint density at radius 2 is 1.20 bits per heavy atom. The molecule has 0 spiro atoms. The van der Waals surface area contributed by atoms with Gasteiger partial charge in [-0.15, -0.1) is 5.92 Å². The molecule has 2 aliphatic carbocycles. The van der Waals surface area contributed by atoms with E-state index >= 15 is 0 Å². The third-order valence-corrected chi connectivity index (χ3v) is 25.2. The molecule has 10 aromatic rings. The molecule has 2 saturated carbocycles. The predicted molar refractivity (Wildman–Crippen MR) is 502 cm³/mol. The number of para-hydroxylation sites is 3. The number of aryl methyl sites for hydroxylation is 6. The van der Waals surface area contributed by atoms with Crippen LogP contribution in [0.15, 0.2) is 138 Å². The van der Waals surface area contributed by atoms with Gasteiger partial charge in [0, 0.05) is 150 Å². The first-order chi connectivity index (χ1) is 63.1. The molecule has 3 fully saturated rings. The highest BCUT2D eigenvalue weighted by molar-refractivity contribution is 6.34. The van der Waals surface area contributed by atoms with Gasteiger partial charge in [-0.1, -0.05) is 71.6 Å². The van der Waals surface area contributed by atoms with Gasteiger partial charge in [0.2, 0.25) is 17.8 Å². The zero-order valence-electron chi connectivity index (χ0n) is 75.6. The molecule has 0 radical (unpaired) electrons. The number of nitrogens with one attached hydrogen (secondary N) is 1. The van der Waals surface area contributed by atoms with Gasteiger partial charge >= 0.3 is 5.69 Å². The molecule has 32 heteroatoms. The number of ether oxygens (including phenoxy) is 8. The summed E-state index contributed by atoms with van der Waals surface area (Å²) in [5.41, 5.74) is 10.4. The number of rotatable bonds is 43. The van der Waals surface area contributed by atoms with Crippen LogP contribution in [0.2, 0.25) is 10.0 Å². The molecule has 130 heavy (non-hydrogen) atoms. The summed E-state index contributed by atoms with van der Waals surface area (Å²) in [5, 5.41) is 4.97. The summed E-state index contributed by atoms with van der Waals surface area (Å²) in [5.74, 6) is 8.07. The number of piperidine rings is 1. The smallest absolute Gasteiger partial charge is 0.332 e. The number of quaternary nitrogens is 1. The van der Waals surface area contributed by atoms with Crippen molar-refractivity contribution in [2.45, 2.75) is 136 Å².